The highest BCUT2D eigenvalue weighted by molar-refractivity contribution is 5.85. The SMILES string of the molecule is CN(CCNC(=O)CC1(C(=O)O)CCCCCC1)C1CC1. The smallest absolute Gasteiger partial charge is 0.310 e. The standard InChI is InChI=1S/C16H28N2O3/c1-18(13-6-7-13)11-10-17-14(19)12-16(15(20)21)8-4-2-3-5-9-16/h13H,2-12H2,1H3,(H,17,19)(H,20,21). The first-order valence-electron chi connectivity index (χ1n) is 8.24. The molecule has 2 aliphatic carbocycles. The Labute approximate surface area is 127 Å². The third kappa shape index (κ3) is 4.70. The summed E-state index contributed by atoms with van der Waals surface area (Å²) in [4.78, 5) is 26.0. The Morgan fingerprint density at radius 1 is 1.19 bits per heavy atom. The van der Waals surface area contributed by atoms with Gasteiger partial charge in [0.05, 0.1) is 5.41 Å². The van der Waals surface area contributed by atoms with Gasteiger partial charge in [0.1, 0.15) is 0 Å². The first kappa shape index (κ1) is 16.3. The monoisotopic (exact) mass is 296 g/mol. The molecule has 0 radical (unpaired) electrons. The van der Waals surface area contributed by atoms with Gasteiger partial charge in [-0.05, 0) is 32.7 Å². The number of likely N-dealkylation sites (N-methyl/N-ethyl adjacent to an activating group) is 1. The predicted molar refractivity (Wildman–Crippen MR) is 81.0 cm³/mol. The second-order valence-corrected chi connectivity index (χ2v) is 6.74. The summed E-state index contributed by atoms with van der Waals surface area (Å²) in [5, 5.41) is 12.5. The fourth-order valence-corrected chi connectivity index (χ4v) is 3.31. The normalized spacial score (nSPS) is 21.8. The molecule has 2 fully saturated rings. The highest BCUT2D eigenvalue weighted by Crippen LogP contribution is 2.38. The number of carbonyl (C=O) groups is 2. The maximum absolute atomic E-state index is 12.1. The van der Waals surface area contributed by atoms with E-state index in [1.807, 2.05) is 0 Å². The highest BCUT2D eigenvalue weighted by atomic mass is 16.4. The number of hydrogen-bond acceptors (Lipinski definition) is 3. The van der Waals surface area contributed by atoms with Crippen LogP contribution in [-0.4, -0.2) is 48.1 Å². The Hall–Kier alpha value is -1.10. The number of nitrogens with zero attached hydrogens (tertiary/aromatic N) is 1. The molecule has 0 heterocycles. The second-order valence-electron chi connectivity index (χ2n) is 6.74. The minimum atomic E-state index is -0.830. The summed E-state index contributed by atoms with van der Waals surface area (Å²) in [6, 6.07) is 0.689. The number of carbonyl (C=O) groups excluding carboxylic acids is 1. The van der Waals surface area contributed by atoms with Gasteiger partial charge in [0.2, 0.25) is 5.91 Å². The molecule has 2 N–H and O–H groups in total. The molecule has 0 spiro atoms. The molecule has 2 saturated carbocycles. The minimum Gasteiger partial charge on any atom is -0.481 e. The number of rotatable bonds is 7. The maximum Gasteiger partial charge on any atom is 0.310 e. The van der Waals surface area contributed by atoms with Gasteiger partial charge in [0.15, 0.2) is 0 Å². The maximum atomic E-state index is 12.1. The molecular formula is C16H28N2O3. The van der Waals surface area contributed by atoms with E-state index in [4.69, 9.17) is 0 Å². The number of amides is 1. The summed E-state index contributed by atoms with van der Waals surface area (Å²) in [6.45, 7) is 1.46. The van der Waals surface area contributed by atoms with Crippen LogP contribution in [0.4, 0.5) is 0 Å². The summed E-state index contributed by atoms with van der Waals surface area (Å²) in [5.74, 6) is -0.904. The van der Waals surface area contributed by atoms with E-state index in [0.717, 1.165) is 32.2 Å². The zero-order valence-corrected chi connectivity index (χ0v) is 13.1. The van der Waals surface area contributed by atoms with Crippen LogP contribution >= 0.6 is 0 Å². The average Bonchev–Trinajstić information content (AvgIpc) is 3.26. The quantitative estimate of drug-likeness (QED) is 0.705. The van der Waals surface area contributed by atoms with Crippen LogP contribution in [0, 0.1) is 5.41 Å². The van der Waals surface area contributed by atoms with Crippen molar-refractivity contribution in [2.24, 2.45) is 5.41 Å². The molecule has 2 rings (SSSR count). The molecule has 0 bridgehead atoms. The van der Waals surface area contributed by atoms with Gasteiger partial charge >= 0.3 is 5.97 Å². The molecular weight excluding hydrogens is 268 g/mol. The van der Waals surface area contributed by atoms with Gasteiger partial charge < -0.3 is 15.3 Å². The van der Waals surface area contributed by atoms with E-state index in [2.05, 4.69) is 17.3 Å². The number of carboxylic acids is 1. The Bertz CT molecular complexity index is 372. The zero-order chi connectivity index (χ0) is 15.3. The van der Waals surface area contributed by atoms with Crippen molar-refractivity contribution in [2.45, 2.75) is 63.8 Å². The van der Waals surface area contributed by atoms with Crippen LogP contribution in [0.25, 0.3) is 0 Å². The molecule has 0 aliphatic heterocycles. The van der Waals surface area contributed by atoms with Gasteiger partial charge in [-0.15, -0.1) is 0 Å². The molecule has 1 amide bonds. The number of carboxylic acid groups (broad SMARTS) is 1. The van der Waals surface area contributed by atoms with E-state index >= 15 is 0 Å². The van der Waals surface area contributed by atoms with Crippen molar-refractivity contribution in [2.75, 3.05) is 20.1 Å². The van der Waals surface area contributed by atoms with Gasteiger partial charge in [-0.2, -0.15) is 0 Å². The molecule has 120 valence electrons. The fraction of sp³-hybridized carbons (Fsp3) is 0.875. The van der Waals surface area contributed by atoms with Crippen LogP contribution in [0.15, 0.2) is 0 Å². The molecule has 5 nitrogen and oxygen atoms in total. The minimum absolute atomic E-state index is 0.108. The van der Waals surface area contributed by atoms with Gasteiger partial charge in [0, 0.05) is 25.6 Å². The largest absolute Gasteiger partial charge is 0.481 e. The summed E-state index contributed by atoms with van der Waals surface area (Å²) in [7, 11) is 2.08. The van der Waals surface area contributed by atoms with Crippen LogP contribution in [0.3, 0.4) is 0 Å². The summed E-state index contributed by atoms with van der Waals surface area (Å²) < 4.78 is 0. The lowest BCUT2D eigenvalue weighted by molar-refractivity contribution is -0.152. The molecule has 0 saturated heterocycles. The number of aliphatic carboxylic acids is 1. The Balaban J connectivity index is 1.78. The van der Waals surface area contributed by atoms with Crippen molar-refractivity contribution in [3.8, 4) is 0 Å². The first-order valence-corrected chi connectivity index (χ1v) is 8.24. The lowest BCUT2D eigenvalue weighted by atomic mass is 9.77. The zero-order valence-electron chi connectivity index (χ0n) is 13.1. The number of nitrogens with one attached hydrogen (secondary N) is 1. The van der Waals surface area contributed by atoms with Crippen LogP contribution < -0.4 is 5.32 Å². The third-order valence-corrected chi connectivity index (χ3v) is 4.97. The third-order valence-electron chi connectivity index (χ3n) is 4.97. The van der Waals surface area contributed by atoms with E-state index in [1.165, 1.54) is 12.8 Å². The number of hydrogen-bond donors (Lipinski definition) is 2. The van der Waals surface area contributed by atoms with Crippen LogP contribution in [-0.2, 0) is 9.59 Å². The van der Waals surface area contributed by atoms with Crippen molar-refractivity contribution in [3.63, 3.8) is 0 Å². The molecule has 21 heavy (non-hydrogen) atoms. The lowest BCUT2D eigenvalue weighted by Crippen LogP contribution is -2.39. The molecule has 0 aromatic rings. The van der Waals surface area contributed by atoms with Crippen LogP contribution in [0.2, 0.25) is 0 Å². The van der Waals surface area contributed by atoms with E-state index in [0.29, 0.717) is 25.4 Å². The van der Waals surface area contributed by atoms with Gasteiger partial charge in [-0.25, -0.2) is 0 Å². The highest BCUT2D eigenvalue weighted by Gasteiger charge is 2.40. The summed E-state index contributed by atoms with van der Waals surface area (Å²) in [6.07, 6.45) is 7.93. The summed E-state index contributed by atoms with van der Waals surface area (Å²) >= 11 is 0. The van der Waals surface area contributed by atoms with E-state index in [-0.39, 0.29) is 12.3 Å². The van der Waals surface area contributed by atoms with Crippen LogP contribution in [0.1, 0.15) is 57.8 Å². The van der Waals surface area contributed by atoms with Gasteiger partial charge in [-0.1, -0.05) is 25.7 Å². The molecule has 0 aromatic heterocycles. The Morgan fingerprint density at radius 2 is 1.81 bits per heavy atom. The van der Waals surface area contributed by atoms with Gasteiger partial charge in [-0.3, -0.25) is 9.59 Å². The van der Waals surface area contributed by atoms with E-state index in [1.54, 1.807) is 0 Å². The first-order chi connectivity index (χ1) is 10.0. The topological polar surface area (TPSA) is 69.6 Å². The Kier molecular flexibility index (Phi) is 5.62. The average molecular weight is 296 g/mol. The Morgan fingerprint density at radius 3 is 2.33 bits per heavy atom. The predicted octanol–water partition coefficient (Wildman–Crippen LogP) is 2.01. The van der Waals surface area contributed by atoms with Crippen molar-refractivity contribution in [1.82, 2.24) is 10.2 Å². The summed E-state index contributed by atoms with van der Waals surface area (Å²) in [5.41, 5.74) is -0.830. The molecule has 0 atom stereocenters. The van der Waals surface area contributed by atoms with Crippen molar-refractivity contribution in [1.29, 1.82) is 0 Å². The van der Waals surface area contributed by atoms with Gasteiger partial charge in [0.25, 0.3) is 0 Å². The second kappa shape index (κ2) is 7.25. The lowest BCUT2D eigenvalue weighted by Gasteiger charge is -2.27. The van der Waals surface area contributed by atoms with E-state index < -0.39 is 11.4 Å². The molecule has 0 aromatic carbocycles. The van der Waals surface area contributed by atoms with Crippen molar-refractivity contribution >= 4 is 11.9 Å². The molecule has 2 aliphatic rings. The fourth-order valence-electron chi connectivity index (χ4n) is 3.31. The van der Waals surface area contributed by atoms with Crippen molar-refractivity contribution in [3.05, 3.63) is 0 Å². The van der Waals surface area contributed by atoms with Crippen LogP contribution in [0.5, 0.6) is 0 Å². The van der Waals surface area contributed by atoms with Crippen molar-refractivity contribution < 1.29 is 14.7 Å². The molecule has 0 unspecified atom stereocenters. The van der Waals surface area contributed by atoms with E-state index in [9.17, 15) is 14.7 Å². The molecule has 5 heteroatoms.